The Morgan fingerprint density at radius 1 is 1.53 bits per heavy atom. The highest BCUT2D eigenvalue weighted by atomic mass is 35.5. The second kappa shape index (κ2) is 6.21. The van der Waals surface area contributed by atoms with Gasteiger partial charge in [-0.05, 0) is 32.9 Å². The molecular weight excluding hydrogens is 264 g/mol. The van der Waals surface area contributed by atoms with Gasteiger partial charge < -0.3 is 10.6 Å². The van der Waals surface area contributed by atoms with Crippen LogP contribution in [-0.2, 0) is 4.79 Å². The third-order valence-electron chi connectivity index (χ3n) is 1.94. The lowest BCUT2D eigenvalue weighted by Crippen LogP contribution is -2.41. The Morgan fingerprint density at radius 2 is 2.21 bits per heavy atom. The molecule has 0 aliphatic carbocycles. The van der Waals surface area contributed by atoms with Crippen LogP contribution in [0.3, 0.4) is 0 Å². The Labute approximate surface area is 117 Å². The minimum absolute atomic E-state index is 0.0308. The Bertz CT molecular complexity index is 540. The highest BCUT2D eigenvalue weighted by molar-refractivity contribution is 6.30. The summed E-state index contributed by atoms with van der Waals surface area (Å²) in [6.45, 7) is 5.52. The van der Waals surface area contributed by atoms with Crippen molar-refractivity contribution in [3.63, 3.8) is 0 Å². The maximum atomic E-state index is 11.8. The molecule has 100 valence electrons. The highest BCUT2D eigenvalue weighted by Crippen LogP contribution is 2.12. The minimum Gasteiger partial charge on any atom is -0.347 e. The molecule has 0 saturated heterocycles. The maximum absolute atomic E-state index is 11.8. The lowest BCUT2D eigenvalue weighted by atomic mass is 10.1. The summed E-state index contributed by atoms with van der Waals surface area (Å²) in [7, 11) is 0. The third kappa shape index (κ3) is 5.40. The van der Waals surface area contributed by atoms with E-state index >= 15 is 0 Å². The Kier molecular flexibility index (Phi) is 4.90. The van der Waals surface area contributed by atoms with Crippen LogP contribution in [0.1, 0.15) is 20.8 Å². The van der Waals surface area contributed by atoms with Crippen molar-refractivity contribution in [2.45, 2.75) is 26.3 Å². The van der Waals surface area contributed by atoms with Crippen LogP contribution in [0, 0.1) is 11.3 Å². The van der Waals surface area contributed by atoms with Crippen molar-refractivity contribution in [1.82, 2.24) is 10.3 Å². The van der Waals surface area contributed by atoms with Crippen LogP contribution < -0.4 is 10.6 Å². The molecule has 0 spiro atoms. The lowest BCUT2D eigenvalue weighted by molar-refractivity contribution is -0.118. The largest absolute Gasteiger partial charge is 0.347 e. The van der Waals surface area contributed by atoms with Gasteiger partial charge in [-0.3, -0.25) is 4.79 Å². The molecule has 1 rings (SSSR count). The van der Waals surface area contributed by atoms with E-state index < -0.39 is 11.4 Å². The van der Waals surface area contributed by atoms with E-state index in [1.54, 1.807) is 12.1 Å². The van der Waals surface area contributed by atoms with Crippen molar-refractivity contribution in [3.8, 4) is 6.07 Å². The van der Waals surface area contributed by atoms with E-state index in [1.165, 1.54) is 12.4 Å². The molecule has 1 aromatic rings. The van der Waals surface area contributed by atoms with E-state index in [0.29, 0.717) is 10.8 Å². The Hall–Kier alpha value is -2.06. The molecule has 6 heteroatoms. The summed E-state index contributed by atoms with van der Waals surface area (Å²) >= 11 is 5.80. The first kappa shape index (κ1) is 15.0. The van der Waals surface area contributed by atoms with Crippen molar-refractivity contribution >= 4 is 23.3 Å². The van der Waals surface area contributed by atoms with Gasteiger partial charge in [-0.15, -0.1) is 0 Å². The summed E-state index contributed by atoms with van der Waals surface area (Å²) in [4.78, 5) is 15.8. The third-order valence-corrected chi connectivity index (χ3v) is 2.18. The van der Waals surface area contributed by atoms with Crippen LogP contribution in [0.15, 0.2) is 30.1 Å². The number of anilines is 1. The standard InChI is InChI=1S/C13H15ClN4O/c1-13(2,3)18-12(19)9(7-15)8-17-11-6-10(14)4-5-16-11/h4-6,8H,1-3H3,(H,16,17)(H,18,19)/b9-8-. The molecule has 0 unspecified atom stereocenters. The van der Waals surface area contributed by atoms with Crippen LogP contribution in [0.25, 0.3) is 0 Å². The fourth-order valence-corrected chi connectivity index (χ4v) is 1.35. The number of aromatic nitrogens is 1. The van der Waals surface area contributed by atoms with Gasteiger partial charge >= 0.3 is 0 Å². The van der Waals surface area contributed by atoms with Gasteiger partial charge in [0.2, 0.25) is 0 Å². The molecule has 1 amide bonds. The van der Waals surface area contributed by atoms with Gasteiger partial charge in [0.1, 0.15) is 17.5 Å². The fraction of sp³-hybridized carbons (Fsp3) is 0.308. The summed E-state index contributed by atoms with van der Waals surface area (Å²) in [5.74, 6) is 0.0216. The summed E-state index contributed by atoms with van der Waals surface area (Å²) in [5, 5.41) is 14.9. The van der Waals surface area contributed by atoms with Crippen LogP contribution in [0.4, 0.5) is 5.82 Å². The first-order valence-electron chi connectivity index (χ1n) is 5.63. The van der Waals surface area contributed by atoms with E-state index in [4.69, 9.17) is 16.9 Å². The molecule has 0 aliphatic rings. The first-order valence-corrected chi connectivity index (χ1v) is 6.00. The number of nitrogens with zero attached hydrogens (tertiary/aromatic N) is 2. The zero-order chi connectivity index (χ0) is 14.5. The van der Waals surface area contributed by atoms with Crippen LogP contribution in [0.2, 0.25) is 5.02 Å². The highest BCUT2D eigenvalue weighted by Gasteiger charge is 2.17. The first-order chi connectivity index (χ1) is 8.81. The Morgan fingerprint density at radius 3 is 2.74 bits per heavy atom. The summed E-state index contributed by atoms with van der Waals surface area (Å²) in [5.41, 5.74) is -0.432. The molecule has 0 radical (unpaired) electrons. The zero-order valence-electron chi connectivity index (χ0n) is 11.0. The molecule has 0 atom stereocenters. The average Bonchev–Trinajstić information content (AvgIpc) is 2.27. The van der Waals surface area contributed by atoms with Crippen molar-refractivity contribution in [2.75, 3.05) is 5.32 Å². The summed E-state index contributed by atoms with van der Waals surface area (Å²) in [6.07, 6.45) is 2.83. The predicted octanol–water partition coefficient (Wildman–Crippen LogP) is 2.47. The van der Waals surface area contributed by atoms with E-state index in [9.17, 15) is 4.79 Å². The zero-order valence-corrected chi connectivity index (χ0v) is 11.7. The van der Waals surface area contributed by atoms with Crippen molar-refractivity contribution < 1.29 is 4.79 Å². The number of halogens is 1. The number of hydrogen-bond acceptors (Lipinski definition) is 4. The molecule has 0 saturated carbocycles. The SMILES string of the molecule is CC(C)(C)NC(=O)/C(C#N)=C\Nc1cc(Cl)ccn1. The molecule has 0 fully saturated rings. The summed E-state index contributed by atoms with van der Waals surface area (Å²) in [6, 6.07) is 5.06. The van der Waals surface area contributed by atoms with Gasteiger partial charge in [0.05, 0.1) is 0 Å². The molecule has 0 bridgehead atoms. The number of carbonyl (C=O) groups is 1. The van der Waals surface area contributed by atoms with E-state index in [-0.39, 0.29) is 5.57 Å². The van der Waals surface area contributed by atoms with E-state index in [2.05, 4.69) is 15.6 Å². The van der Waals surface area contributed by atoms with Crippen molar-refractivity contribution in [3.05, 3.63) is 35.1 Å². The molecule has 5 nitrogen and oxygen atoms in total. The molecule has 0 aromatic carbocycles. The Balaban J connectivity index is 2.78. The normalized spacial score (nSPS) is 11.6. The number of carbonyl (C=O) groups excluding carboxylic acids is 1. The number of nitriles is 1. The lowest BCUT2D eigenvalue weighted by Gasteiger charge is -2.19. The second-order valence-corrected chi connectivity index (χ2v) is 5.31. The van der Waals surface area contributed by atoms with Gasteiger partial charge in [0.15, 0.2) is 0 Å². The molecule has 1 aromatic heterocycles. The summed E-state index contributed by atoms with van der Waals surface area (Å²) < 4.78 is 0. The number of amides is 1. The van der Waals surface area contributed by atoms with Crippen LogP contribution in [0.5, 0.6) is 0 Å². The van der Waals surface area contributed by atoms with Gasteiger partial charge in [-0.2, -0.15) is 5.26 Å². The average molecular weight is 279 g/mol. The number of rotatable bonds is 3. The van der Waals surface area contributed by atoms with Crippen LogP contribution in [-0.4, -0.2) is 16.4 Å². The van der Waals surface area contributed by atoms with Gasteiger partial charge in [0.25, 0.3) is 5.91 Å². The molecule has 2 N–H and O–H groups in total. The van der Waals surface area contributed by atoms with Gasteiger partial charge in [-0.1, -0.05) is 11.6 Å². The van der Waals surface area contributed by atoms with Crippen LogP contribution >= 0.6 is 11.6 Å². The molecular formula is C13H15ClN4O. The molecule has 1 heterocycles. The smallest absolute Gasteiger partial charge is 0.263 e. The predicted molar refractivity (Wildman–Crippen MR) is 74.5 cm³/mol. The minimum atomic E-state index is -0.440. The number of hydrogen-bond donors (Lipinski definition) is 2. The molecule has 19 heavy (non-hydrogen) atoms. The van der Waals surface area contributed by atoms with Gasteiger partial charge in [0, 0.05) is 23.0 Å². The monoisotopic (exact) mass is 278 g/mol. The number of nitrogens with one attached hydrogen (secondary N) is 2. The topological polar surface area (TPSA) is 77.8 Å². The van der Waals surface area contributed by atoms with E-state index in [1.807, 2.05) is 26.8 Å². The number of pyridine rings is 1. The van der Waals surface area contributed by atoms with Crippen molar-refractivity contribution in [1.29, 1.82) is 5.26 Å². The fourth-order valence-electron chi connectivity index (χ4n) is 1.19. The maximum Gasteiger partial charge on any atom is 0.263 e. The van der Waals surface area contributed by atoms with E-state index in [0.717, 1.165) is 0 Å². The second-order valence-electron chi connectivity index (χ2n) is 4.88. The van der Waals surface area contributed by atoms with Gasteiger partial charge in [-0.25, -0.2) is 4.98 Å². The van der Waals surface area contributed by atoms with Crippen molar-refractivity contribution in [2.24, 2.45) is 0 Å². The molecule has 0 aliphatic heterocycles. The quantitative estimate of drug-likeness (QED) is 0.658.